The van der Waals surface area contributed by atoms with Gasteiger partial charge in [-0.1, -0.05) is 30.3 Å². The van der Waals surface area contributed by atoms with Crippen LogP contribution in [0.25, 0.3) is 6.08 Å². The molecule has 0 aliphatic carbocycles. The average Bonchev–Trinajstić information content (AvgIpc) is 2.29. The van der Waals surface area contributed by atoms with Crippen molar-refractivity contribution in [3.05, 3.63) is 41.5 Å². The number of nitrogens with one attached hydrogen (secondary N) is 1. The van der Waals surface area contributed by atoms with E-state index in [9.17, 15) is 9.59 Å². The highest BCUT2D eigenvalue weighted by Gasteiger charge is 2.04. The number of benzene rings is 1. The van der Waals surface area contributed by atoms with Crippen LogP contribution in [0.4, 0.5) is 4.79 Å². The Labute approximate surface area is 101 Å². The summed E-state index contributed by atoms with van der Waals surface area (Å²) in [6.07, 6.45) is 2.09. The topological polar surface area (TPSA) is 72.2 Å². The molecule has 0 fully saturated rings. The standard InChI is InChI=1S/C13H16N2O2/c1-10(9-11-5-3-2-4-6-11)12(16)7-8-15-13(14)17/h2-6,9H,7-8H2,1H3,(H3,14,15,17)/b10-9+. The van der Waals surface area contributed by atoms with E-state index >= 15 is 0 Å². The SMILES string of the molecule is C/C(=C\c1ccccc1)C(=O)CCNC(N)=O. The minimum Gasteiger partial charge on any atom is -0.352 e. The van der Waals surface area contributed by atoms with Crippen LogP contribution >= 0.6 is 0 Å². The molecule has 0 saturated carbocycles. The van der Waals surface area contributed by atoms with Crippen LogP contribution < -0.4 is 11.1 Å². The quantitative estimate of drug-likeness (QED) is 0.759. The van der Waals surface area contributed by atoms with E-state index < -0.39 is 6.03 Å². The molecule has 0 radical (unpaired) electrons. The van der Waals surface area contributed by atoms with E-state index in [1.807, 2.05) is 36.4 Å². The molecule has 0 spiro atoms. The molecule has 2 amide bonds. The van der Waals surface area contributed by atoms with Crippen molar-refractivity contribution in [1.82, 2.24) is 5.32 Å². The molecular formula is C13H16N2O2. The van der Waals surface area contributed by atoms with Crippen LogP contribution in [0.1, 0.15) is 18.9 Å². The third kappa shape index (κ3) is 4.97. The Morgan fingerprint density at radius 3 is 2.53 bits per heavy atom. The predicted octanol–water partition coefficient (Wildman–Crippen LogP) is 1.72. The van der Waals surface area contributed by atoms with Crippen LogP contribution in [0, 0.1) is 0 Å². The first-order valence-corrected chi connectivity index (χ1v) is 5.39. The van der Waals surface area contributed by atoms with Crippen molar-refractivity contribution in [3.63, 3.8) is 0 Å². The second kappa shape index (κ2) is 6.48. The molecule has 0 aliphatic rings. The van der Waals surface area contributed by atoms with E-state index in [4.69, 9.17) is 5.73 Å². The fraction of sp³-hybridized carbons (Fsp3) is 0.231. The number of allylic oxidation sites excluding steroid dienone is 1. The molecule has 0 saturated heterocycles. The van der Waals surface area contributed by atoms with Gasteiger partial charge in [-0.2, -0.15) is 0 Å². The average molecular weight is 232 g/mol. The fourth-order valence-corrected chi connectivity index (χ4v) is 1.38. The third-order valence-corrected chi connectivity index (χ3v) is 2.27. The van der Waals surface area contributed by atoms with Crippen molar-refractivity contribution in [2.75, 3.05) is 6.54 Å². The van der Waals surface area contributed by atoms with E-state index in [1.54, 1.807) is 6.92 Å². The number of nitrogens with two attached hydrogens (primary N) is 1. The Morgan fingerprint density at radius 2 is 1.94 bits per heavy atom. The number of rotatable bonds is 5. The van der Waals surface area contributed by atoms with Crippen molar-refractivity contribution in [2.24, 2.45) is 5.73 Å². The number of carbonyl (C=O) groups is 2. The Balaban J connectivity index is 2.52. The maximum absolute atomic E-state index is 11.7. The maximum Gasteiger partial charge on any atom is 0.312 e. The largest absolute Gasteiger partial charge is 0.352 e. The second-order valence-electron chi connectivity index (χ2n) is 3.70. The molecule has 90 valence electrons. The van der Waals surface area contributed by atoms with E-state index in [0.29, 0.717) is 5.57 Å². The molecule has 0 heterocycles. The van der Waals surface area contributed by atoms with Gasteiger partial charge in [0.05, 0.1) is 0 Å². The molecule has 1 aromatic rings. The molecule has 3 N–H and O–H groups in total. The lowest BCUT2D eigenvalue weighted by Crippen LogP contribution is -2.31. The lowest BCUT2D eigenvalue weighted by atomic mass is 10.1. The van der Waals surface area contributed by atoms with Gasteiger partial charge in [0.25, 0.3) is 0 Å². The number of primary amides is 1. The molecule has 0 aromatic heterocycles. The number of urea groups is 1. The number of ketones is 1. The maximum atomic E-state index is 11.7. The summed E-state index contributed by atoms with van der Waals surface area (Å²) in [5, 5.41) is 2.39. The summed E-state index contributed by atoms with van der Waals surface area (Å²) in [6, 6.07) is 9.00. The van der Waals surface area contributed by atoms with Crippen molar-refractivity contribution >= 4 is 17.9 Å². The number of Topliss-reactive ketones (excluding diaryl/α,β-unsaturated/α-hetero) is 1. The summed E-state index contributed by atoms with van der Waals surface area (Å²) < 4.78 is 0. The van der Waals surface area contributed by atoms with Gasteiger partial charge in [0.2, 0.25) is 0 Å². The Kier molecular flexibility index (Phi) is 4.94. The van der Waals surface area contributed by atoms with Crippen molar-refractivity contribution < 1.29 is 9.59 Å². The highest BCUT2D eigenvalue weighted by molar-refractivity contribution is 5.99. The predicted molar refractivity (Wildman–Crippen MR) is 67.3 cm³/mol. The van der Waals surface area contributed by atoms with Crippen LogP contribution in [0.2, 0.25) is 0 Å². The molecule has 4 nitrogen and oxygen atoms in total. The third-order valence-electron chi connectivity index (χ3n) is 2.27. The molecule has 0 atom stereocenters. The lowest BCUT2D eigenvalue weighted by molar-refractivity contribution is -0.115. The lowest BCUT2D eigenvalue weighted by Gasteiger charge is -2.02. The van der Waals surface area contributed by atoms with Crippen molar-refractivity contribution in [3.8, 4) is 0 Å². The Bertz CT molecular complexity index is 424. The van der Waals surface area contributed by atoms with Gasteiger partial charge in [0, 0.05) is 13.0 Å². The summed E-state index contributed by atoms with van der Waals surface area (Å²) in [4.78, 5) is 22.1. The van der Waals surface area contributed by atoms with E-state index in [1.165, 1.54) is 0 Å². The van der Waals surface area contributed by atoms with E-state index in [-0.39, 0.29) is 18.7 Å². The van der Waals surface area contributed by atoms with E-state index in [2.05, 4.69) is 5.32 Å². The zero-order chi connectivity index (χ0) is 12.7. The van der Waals surface area contributed by atoms with Gasteiger partial charge in [-0.25, -0.2) is 4.79 Å². The fourth-order valence-electron chi connectivity index (χ4n) is 1.38. The summed E-state index contributed by atoms with van der Waals surface area (Å²) >= 11 is 0. The normalized spacial score (nSPS) is 11.0. The van der Waals surface area contributed by atoms with Gasteiger partial charge in [0.15, 0.2) is 5.78 Å². The minimum absolute atomic E-state index is 0.00241. The van der Waals surface area contributed by atoms with Crippen molar-refractivity contribution in [2.45, 2.75) is 13.3 Å². The number of hydrogen-bond acceptors (Lipinski definition) is 2. The van der Waals surface area contributed by atoms with Gasteiger partial charge < -0.3 is 11.1 Å². The van der Waals surface area contributed by atoms with Gasteiger partial charge >= 0.3 is 6.03 Å². The highest BCUT2D eigenvalue weighted by Crippen LogP contribution is 2.07. The Hall–Kier alpha value is -2.10. The smallest absolute Gasteiger partial charge is 0.312 e. The first-order valence-electron chi connectivity index (χ1n) is 5.39. The number of hydrogen-bond donors (Lipinski definition) is 2. The van der Waals surface area contributed by atoms with Gasteiger partial charge in [-0.05, 0) is 24.1 Å². The molecule has 4 heteroatoms. The zero-order valence-electron chi connectivity index (χ0n) is 9.77. The molecule has 0 unspecified atom stereocenters. The monoisotopic (exact) mass is 232 g/mol. The van der Waals surface area contributed by atoms with E-state index in [0.717, 1.165) is 5.56 Å². The molecular weight excluding hydrogens is 216 g/mol. The number of carbonyl (C=O) groups excluding carboxylic acids is 2. The highest BCUT2D eigenvalue weighted by atomic mass is 16.2. The summed E-state index contributed by atoms with van der Waals surface area (Å²) in [5.74, 6) is 0.00241. The first-order chi connectivity index (χ1) is 8.09. The van der Waals surface area contributed by atoms with Gasteiger partial charge in [-0.3, -0.25) is 4.79 Å². The van der Waals surface area contributed by atoms with Crippen LogP contribution in [0.15, 0.2) is 35.9 Å². The van der Waals surface area contributed by atoms with Crippen LogP contribution in [0.5, 0.6) is 0 Å². The van der Waals surface area contributed by atoms with Crippen LogP contribution in [-0.4, -0.2) is 18.4 Å². The molecule has 1 rings (SSSR count). The molecule has 17 heavy (non-hydrogen) atoms. The van der Waals surface area contributed by atoms with Crippen molar-refractivity contribution in [1.29, 1.82) is 0 Å². The molecule has 1 aromatic carbocycles. The number of amides is 2. The summed E-state index contributed by atoms with van der Waals surface area (Å²) in [6.45, 7) is 2.04. The Morgan fingerprint density at radius 1 is 1.29 bits per heavy atom. The summed E-state index contributed by atoms with van der Waals surface area (Å²) in [5.41, 5.74) is 6.56. The van der Waals surface area contributed by atoms with Gasteiger partial charge in [-0.15, -0.1) is 0 Å². The zero-order valence-corrected chi connectivity index (χ0v) is 9.77. The first kappa shape index (κ1) is 13.0. The second-order valence-corrected chi connectivity index (χ2v) is 3.70. The van der Waals surface area contributed by atoms with Crippen LogP contribution in [-0.2, 0) is 4.79 Å². The van der Waals surface area contributed by atoms with Crippen LogP contribution in [0.3, 0.4) is 0 Å². The van der Waals surface area contributed by atoms with Gasteiger partial charge in [0.1, 0.15) is 0 Å². The molecule has 0 aliphatic heterocycles. The summed E-state index contributed by atoms with van der Waals surface area (Å²) in [7, 11) is 0. The molecule has 0 bridgehead atoms. The minimum atomic E-state index is -0.609.